The SMILES string of the molecule is CC(=O)OC(C)(F)CC12CC3CC(CC(C3)C1)C2. The summed E-state index contributed by atoms with van der Waals surface area (Å²) >= 11 is 0. The maximum atomic E-state index is 14.4. The highest BCUT2D eigenvalue weighted by atomic mass is 19.2. The summed E-state index contributed by atoms with van der Waals surface area (Å²) in [5, 5.41) is 0. The Hall–Kier alpha value is -0.600. The molecule has 0 aromatic carbocycles. The Balaban J connectivity index is 1.74. The lowest BCUT2D eigenvalue weighted by atomic mass is 9.48. The van der Waals surface area contributed by atoms with Crippen molar-refractivity contribution in [3.63, 3.8) is 0 Å². The smallest absolute Gasteiger partial charge is 0.305 e. The zero-order chi connectivity index (χ0) is 13.0. The molecule has 0 saturated heterocycles. The van der Waals surface area contributed by atoms with Crippen molar-refractivity contribution in [2.75, 3.05) is 0 Å². The minimum atomic E-state index is -1.78. The monoisotopic (exact) mass is 254 g/mol. The molecular weight excluding hydrogens is 231 g/mol. The first-order valence-electron chi connectivity index (χ1n) is 7.24. The van der Waals surface area contributed by atoms with Gasteiger partial charge in [0.05, 0.1) is 0 Å². The third-order valence-corrected chi connectivity index (χ3v) is 5.21. The molecular formula is C15H23FO2. The second-order valence-corrected chi connectivity index (χ2v) is 7.29. The number of carbonyl (C=O) groups is 1. The van der Waals surface area contributed by atoms with Crippen LogP contribution in [0.3, 0.4) is 0 Å². The first-order chi connectivity index (χ1) is 8.36. The Kier molecular flexibility index (Phi) is 2.73. The highest BCUT2D eigenvalue weighted by molar-refractivity contribution is 5.66. The van der Waals surface area contributed by atoms with Gasteiger partial charge in [-0.3, -0.25) is 4.79 Å². The second kappa shape index (κ2) is 3.94. The van der Waals surface area contributed by atoms with E-state index in [1.165, 1.54) is 33.1 Å². The van der Waals surface area contributed by atoms with Crippen molar-refractivity contribution in [1.29, 1.82) is 0 Å². The maximum Gasteiger partial charge on any atom is 0.305 e. The molecule has 4 rings (SSSR count). The van der Waals surface area contributed by atoms with Crippen LogP contribution in [-0.2, 0) is 9.53 Å². The lowest BCUT2D eigenvalue weighted by molar-refractivity contribution is -0.193. The Labute approximate surface area is 108 Å². The quantitative estimate of drug-likeness (QED) is 0.715. The summed E-state index contributed by atoms with van der Waals surface area (Å²) in [6.07, 6.45) is 7.93. The van der Waals surface area contributed by atoms with Crippen molar-refractivity contribution in [3.8, 4) is 0 Å². The molecule has 4 aliphatic carbocycles. The molecule has 0 spiro atoms. The van der Waals surface area contributed by atoms with Crippen LogP contribution in [0.2, 0.25) is 0 Å². The average molecular weight is 254 g/mol. The second-order valence-electron chi connectivity index (χ2n) is 7.29. The molecule has 4 bridgehead atoms. The predicted octanol–water partition coefficient (Wildman–Crippen LogP) is 3.84. The van der Waals surface area contributed by atoms with Crippen molar-refractivity contribution in [2.45, 2.75) is 64.6 Å². The largest absolute Gasteiger partial charge is 0.429 e. The van der Waals surface area contributed by atoms with Gasteiger partial charge in [-0.15, -0.1) is 0 Å². The van der Waals surface area contributed by atoms with Crippen LogP contribution in [0.4, 0.5) is 4.39 Å². The van der Waals surface area contributed by atoms with E-state index < -0.39 is 11.8 Å². The molecule has 3 heteroatoms. The van der Waals surface area contributed by atoms with Crippen LogP contribution in [-0.4, -0.2) is 11.8 Å². The average Bonchev–Trinajstić information content (AvgIpc) is 2.09. The molecule has 0 aromatic rings. The van der Waals surface area contributed by atoms with E-state index in [0.29, 0.717) is 6.42 Å². The molecule has 2 nitrogen and oxygen atoms in total. The van der Waals surface area contributed by atoms with Gasteiger partial charge in [0, 0.05) is 20.3 Å². The van der Waals surface area contributed by atoms with Crippen molar-refractivity contribution < 1.29 is 13.9 Å². The zero-order valence-corrected chi connectivity index (χ0v) is 11.4. The Morgan fingerprint density at radius 1 is 1.22 bits per heavy atom. The molecule has 4 aliphatic rings. The van der Waals surface area contributed by atoms with Gasteiger partial charge < -0.3 is 4.74 Å². The summed E-state index contributed by atoms with van der Waals surface area (Å²) in [7, 11) is 0. The third kappa shape index (κ3) is 2.28. The van der Waals surface area contributed by atoms with Gasteiger partial charge in [0.15, 0.2) is 0 Å². The predicted molar refractivity (Wildman–Crippen MR) is 66.5 cm³/mol. The normalized spacial score (nSPS) is 44.7. The molecule has 18 heavy (non-hydrogen) atoms. The van der Waals surface area contributed by atoms with Crippen LogP contribution < -0.4 is 0 Å². The fraction of sp³-hybridized carbons (Fsp3) is 0.933. The van der Waals surface area contributed by atoms with Crippen molar-refractivity contribution in [3.05, 3.63) is 0 Å². The molecule has 0 aromatic heterocycles. The van der Waals surface area contributed by atoms with Crippen LogP contribution in [0.25, 0.3) is 0 Å². The molecule has 0 radical (unpaired) electrons. The Morgan fingerprint density at radius 2 is 1.67 bits per heavy atom. The van der Waals surface area contributed by atoms with Crippen molar-refractivity contribution in [2.24, 2.45) is 23.2 Å². The Bertz CT molecular complexity index is 326. The number of ether oxygens (including phenoxy) is 1. The van der Waals surface area contributed by atoms with Crippen LogP contribution in [0.15, 0.2) is 0 Å². The van der Waals surface area contributed by atoms with E-state index in [2.05, 4.69) is 0 Å². The van der Waals surface area contributed by atoms with Crippen molar-refractivity contribution >= 4 is 5.97 Å². The van der Waals surface area contributed by atoms with Gasteiger partial charge in [0.2, 0.25) is 5.85 Å². The fourth-order valence-corrected chi connectivity index (χ4v) is 5.51. The number of halogens is 1. The van der Waals surface area contributed by atoms with Gasteiger partial charge in [0.1, 0.15) is 0 Å². The maximum absolute atomic E-state index is 14.4. The van der Waals surface area contributed by atoms with E-state index in [1.807, 2.05) is 0 Å². The number of esters is 1. The van der Waals surface area contributed by atoms with E-state index in [-0.39, 0.29) is 5.41 Å². The van der Waals surface area contributed by atoms with Crippen LogP contribution in [0.1, 0.15) is 58.8 Å². The van der Waals surface area contributed by atoms with Gasteiger partial charge in [-0.25, -0.2) is 0 Å². The van der Waals surface area contributed by atoms with Gasteiger partial charge in [-0.1, -0.05) is 0 Å². The topological polar surface area (TPSA) is 26.3 Å². The van der Waals surface area contributed by atoms with Gasteiger partial charge >= 0.3 is 5.97 Å². The van der Waals surface area contributed by atoms with Gasteiger partial charge in [-0.2, -0.15) is 4.39 Å². The summed E-state index contributed by atoms with van der Waals surface area (Å²) in [5.74, 6) is 0.139. The van der Waals surface area contributed by atoms with E-state index in [1.54, 1.807) is 0 Å². The van der Waals surface area contributed by atoms with Crippen LogP contribution in [0.5, 0.6) is 0 Å². The fourth-order valence-electron chi connectivity index (χ4n) is 5.51. The first-order valence-corrected chi connectivity index (χ1v) is 7.24. The number of rotatable bonds is 3. The number of hydrogen-bond donors (Lipinski definition) is 0. The van der Waals surface area contributed by atoms with Gasteiger partial charge in [0.25, 0.3) is 0 Å². The highest BCUT2D eigenvalue weighted by Crippen LogP contribution is 2.62. The van der Waals surface area contributed by atoms with E-state index in [4.69, 9.17) is 4.74 Å². The van der Waals surface area contributed by atoms with Crippen LogP contribution >= 0.6 is 0 Å². The van der Waals surface area contributed by atoms with E-state index in [9.17, 15) is 9.18 Å². The highest BCUT2D eigenvalue weighted by Gasteiger charge is 2.53. The third-order valence-electron chi connectivity index (χ3n) is 5.21. The molecule has 4 fully saturated rings. The molecule has 102 valence electrons. The van der Waals surface area contributed by atoms with E-state index in [0.717, 1.165) is 37.0 Å². The minimum absolute atomic E-state index is 0.119. The Morgan fingerprint density at radius 3 is 2.06 bits per heavy atom. The summed E-state index contributed by atoms with van der Waals surface area (Å²) in [4.78, 5) is 11.0. The molecule has 1 unspecified atom stereocenters. The molecule has 4 saturated carbocycles. The summed E-state index contributed by atoms with van der Waals surface area (Å²) < 4.78 is 19.3. The molecule has 0 amide bonds. The summed E-state index contributed by atoms with van der Waals surface area (Å²) in [5.41, 5.74) is 0.119. The standard InChI is InChI=1S/C15H23FO2/c1-10(17)18-14(2,16)9-15-6-11-3-12(7-15)5-13(4-11)8-15/h11-13H,3-9H2,1-2H3. The van der Waals surface area contributed by atoms with Gasteiger partial charge in [-0.05, 0) is 61.7 Å². The number of alkyl halides is 1. The minimum Gasteiger partial charge on any atom is -0.429 e. The van der Waals surface area contributed by atoms with Crippen LogP contribution in [0, 0.1) is 23.2 Å². The number of hydrogen-bond acceptors (Lipinski definition) is 2. The lowest BCUT2D eigenvalue weighted by Crippen LogP contribution is -2.49. The molecule has 0 heterocycles. The lowest BCUT2D eigenvalue weighted by Gasteiger charge is -2.57. The molecule has 0 aliphatic heterocycles. The number of carbonyl (C=O) groups excluding carboxylic acids is 1. The molecule has 1 atom stereocenters. The molecule has 0 N–H and O–H groups in total. The first kappa shape index (κ1) is 12.4. The zero-order valence-electron chi connectivity index (χ0n) is 11.4. The summed E-state index contributed by atoms with van der Waals surface area (Å²) in [6.45, 7) is 2.71. The summed E-state index contributed by atoms with van der Waals surface area (Å²) in [6, 6.07) is 0. The van der Waals surface area contributed by atoms with Crippen molar-refractivity contribution in [1.82, 2.24) is 0 Å². The van der Waals surface area contributed by atoms with E-state index >= 15 is 0 Å².